The summed E-state index contributed by atoms with van der Waals surface area (Å²) in [5.74, 6) is -1.17. The minimum Gasteiger partial charge on any atom is -0.339 e. The summed E-state index contributed by atoms with van der Waals surface area (Å²) >= 11 is 0. The summed E-state index contributed by atoms with van der Waals surface area (Å²) in [6.07, 6.45) is -3.43. The molecule has 1 fully saturated rings. The number of alkyl halides is 3. The van der Waals surface area contributed by atoms with Crippen molar-refractivity contribution in [1.82, 2.24) is 14.5 Å². The molecule has 0 saturated carbocycles. The molecule has 0 radical (unpaired) electrons. The third-order valence-corrected chi connectivity index (χ3v) is 5.58. The fourth-order valence-electron chi connectivity index (χ4n) is 3.96. The second-order valence-electron chi connectivity index (χ2n) is 7.57. The first-order chi connectivity index (χ1) is 14.7. The lowest BCUT2D eigenvalue weighted by Crippen LogP contribution is -2.39. The Morgan fingerprint density at radius 1 is 1.10 bits per heavy atom. The number of piperidine rings is 1. The molecule has 0 unspecified atom stereocenters. The van der Waals surface area contributed by atoms with E-state index in [1.807, 2.05) is 0 Å². The van der Waals surface area contributed by atoms with Crippen LogP contribution in [-0.4, -0.2) is 38.4 Å². The topological polar surface area (TPSA) is 81.3 Å². The summed E-state index contributed by atoms with van der Waals surface area (Å²) in [4.78, 5) is 28.3. The molecule has 2 heterocycles. The van der Waals surface area contributed by atoms with Crippen molar-refractivity contribution in [2.75, 3.05) is 13.1 Å². The van der Waals surface area contributed by atoms with Crippen LogP contribution in [0.3, 0.4) is 0 Å². The number of carbonyl (C=O) groups is 1. The van der Waals surface area contributed by atoms with Gasteiger partial charge in [-0.25, -0.2) is 4.98 Å². The monoisotopic (exact) mass is 432 g/mol. The number of imidazole rings is 1. The first-order valence-corrected chi connectivity index (χ1v) is 9.80. The van der Waals surface area contributed by atoms with Crippen molar-refractivity contribution in [3.05, 3.63) is 70.0 Å². The highest BCUT2D eigenvalue weighted by molar-refractivity contribution is 5.94. The number of hydrogen-bond donors (Lipinski definition) is 0. The fourth-order valence-corrected chi connectivity index (χ4v) is 3.96. The highest BCUT2D eigenvalue weighted by Gasteiger charge is 2.38. The van der Waals surface area contributed by atoms with Crippen LogP contribution < -0.4 is 0 Å². The van der Waals surface area contributed by atoms with Gasteiger partial charge in [0.05, 0.1) is 16.0 Å². The van der Waals surface area contributed by atoms with Gasteiger partial charge in [0.15, 0.2) is 0 Å². The van der Waals surface area contributed by atoms with Crippen LogP contribution in [-0.2, 0) is 12.7 Å². The van der Waals surface area contributed by atoms with Crippen molar-refractivity contribution in [1.29, 1.82) is 0 Å². The maximum Gasteiger partial charge on any atom is 0.449 e. The lowest BCUT2D eigenvalue weighted by Gasteiger charge is -2.32. The first kappa shape index (κ1) is 20.8. The van der Waals surface area contributed by atoms with Crippen molar-refractivity contribution in [3.8, 4) is 0 Å². The molecule has 4 rings (SSSR count). The molecule has 0 aliphatic carbocycles. The Kier molecular flexibility index (Phi) is 5.38. The number of rotatable bonds is 4. The zero-order chi connectivity index (χ0) is 22.2. The summed E-state index contributed by atoms with van der Waals surface area (Å²) in [5, 5.41) is 10.8. The van der Waals surface area contributed by atoms with Gasteiger partial charge in [0.2, 0.25) is 5.82 Å². The maximum absolute atomic E-state index is 13.5. The van der Waals surface area contributed by atoms with Gasteiger partial charge >= 0.3 is 6.18 Å². The van der Waals surface area contributed by atoms with Crippen LogP contribution in [0, 0.1) is 16.0 Å². The number of likely N-dealkylation sites (tertiary alicyclic amines) is 1. The Labute approximate surface area is 175 Å². The summed E-state index contributed by atoms with van der Waals surface area (Å²) in [5.41, 5.74) is 1.01. The molecular weight excluding hydrogens is 413 g/mol. The van der Waals surface area contributed by atoms with Gasteiger partial charge in [0.25, 0.3) is 11.6 Å². The molecule has 1 aliphatic heterocycles. The van der Waals surface area contributed by atoms with Crippen molar-refractivity contribution in [2.45, 2.75) is 25.6 Å². The lowest BCUT2D eigenvalue weighted by molar-refractivity contribution is -0.384. The number of benzene rings is 2. The number of carbonyl (C=O) groups excluding carboxylic acids is 1. The zero-order valence-corrected chi connectivity index (χ0v) is 16.4. The molecule has 1 aliphatic rings. The van der Waals surface area contributed by atoms with E-state index in [0.717, 1.165) is 0 Å². The number of non-ortho nitro benzene ring substituents is 1. The van der Waals surface area contributed by atoms with E-state index in [1.54, 1.807) is 29.2 Å². The second-order valence-corrected chi connectivity index (χ2v) is 7.57. The van der Waals surface area contributed by atoms with E-state index < -0.39 is 16.9 Å². The van der Waals surface area contributed by atoms with Crippen molar-refractivity contribution in [3.63, 3.8) is 0 Å². The Bertz CT molecular complexity index is 1120. The van der Waals surface area contributed by atoms with E-state index in [1.165, 1.54) is 28.8 Å². The number of halogens is 3. The minimum absolute atomic E-state index is 0.0281. The molecule has 1 aromatic heterocycles. The van der Waals surface area contributed by atoms with Gasteiger partial charge in [-0.2, -0.15) is 13.2 Å². The molecular formula is C21H19F3N4O3. The SMILES string of the molecule is O=C(c1ccc([N+](=O)[O-])cc1)N1CCC(Cn2c(C(F)(F)F)nc3ccccc32)CC1. The third-order valence-electron chi connectivity index (χ3n) is 5.58. The molecule has 1 amide bonds. The number of nitrogens with zero attached hydrogens (tertiary/aromatic N) is 4. The summed E-state index contributed by atoms with van der Waals surface area (Å²) in [6, 6.07) is 11.9. The summed E-state index contributed by atoms with van der Waals surface area (Å²) < 4.78 is 41.7. The summed E-state index contributed by atoms with van der Waals surface area (Å²) in [6.45, 7) is 0.998. The van der Waals surface area contributed by atoms with Gasteiger partial charge in [-0.3, -0.25) is 14.9 Å². The van der Waals surface area contributed by atoms with Gasteiger partial charge in [0, 0.05) is 37.3 Å². The van der Waals surface area contributed by atoms with Gasteiger partial charge < -0.3 is 9.47 Å². The van der Waals surface area contributed by atoms with Crippen LogP contribution in [0.15, 0.2) is 48.5 Å². The molecule has 1 saturated heterocycles. The van der Waals surface area contributed by atoms with Gasteiger partial charge in [-0.15, -0.1) is 0 Å². The Morgan fingerprint density at radius 3 is 2.35 bits per heavy atom. The van der Waals surface area contributed by atoms with E-state index in [0.29, 0.717) is 42.5 Å². The quantitative estimate of drug-likeness (QED) is 0.449. The molecule has 0 spiro atoms. The number of nitro groups is 1. The van der Waals surface area contributed by atoms with E-state index >= 15 is 0 Å². The van der Waals surface area contributed by atoms with Gasteiger partial charge in [0.1, 0.15) is 0 Å². The Morgan fingerprint density at radius 2 is 1.74 bits per heavy atom. The molecule has 7 nitrogen and oxygen atoms in total. The van der Waals surface area contributed by atoms with Crippen LogP contribution in [0.25, 0.3) is 11.0 Å². The van der Waals surface area contributed by atoms with E-state index in [2.05, 4.69) is 4.98 Å². The molecule has 3 aromatic rings. The molecule has 162 valence electrons. The smallest absolute Gasteiger partial charge is 0.339 e. The third kappa shape index (κ3) is 4.23. The molecule has 10 heteroatoms. The number of hydrogen-bond acceptors (Lipinski definition) is 4. The Balaban J connectivity index is 1.45. The average Bonchev–Trinajstić information content (AvgIpc) is 3.13. The van der Waals surface area contributed by atoms with Gasteiger partial charge in [-0.1, -0.05) is 12.1 Å². The maximum atomic E-state index is 13.5. The lowest BCUT2D eigenvalue weighted by atomic mass is 9.96. The second kappa shape index (κ2) is 8.01. The predicted octanol–water partition coefficient (Wildman–Crippen LogP) is 4.52. The van der Waals surface area contributed by atoms with Crippen LogP contribution in [0.1, 0.15) is 29.0 Å². The predicted molar refractivity (Wildman–Crippen MR) is 106 cm³/mol. The van der Waals surface area contributed by atoms with Crippen LogP contribution >= 0.6 is 0 Å². The van der Waals surface area contributed by atoms with Crippen molar-refractivity contribution in [2.24, 2.45) is 5.92 Å². The van der Waals surface area contributed by atoms with Crippen LogP contribution in [0.2, 0.25) is 0 Å². The standard InChI is InChI=1S/C21H19F3N4O3/c22-21(23,24)20-25-17-3-1-2-4-18(17)27(20)13-14-9-11-26(12-10-14)19(29)15-5-7-16(8-6-15)28(30)31/h1-8,14H,9-13H2. The minimum atomic E-state index is -4.55. The van der Waals surface area contributed by atoms with Crippen LogP contribution in [0.4, 0.5) is 18.9 Å². The number of para-hydroxylation sites is 2. The van der Waals surface area contributed by atoms with E-state index in [9.17, 15) is 28.1 Å². The largest absolute Gasteiger partial charge is 0.449 e. The molecule has 31 heavy (non-hydrogen) atoms. The molecule has 0 N–H and O–H groups in total. The van der Waals surface area contributed by atoms with Crippen molar-refractivity contribution >= 4 is 22.6 Å². The normalized spacial score (nSPS) is 15.4. The summed E-state index contributed by atoms with van der Waals surface area (Å²) in [7, 11) is 0. The van der Waals surface area contributed by atoms with Gasteiger partial charge in [-0.05, 0) is 43.0 Å². The number of fused-ring (bicyclic) bond motifs is 1. The van der Waals surface area contributed by atoms with E-state index in [4.69, 9.17) is 0 Å². The fraction of sp³-hybridized carbons (Fsp3) is 0.333. The molecule has 0 atom stereocenters. The number of nitro benzene ring substituents is 1. The zero-order valence-electron chi connectivity index (χ0n) is 16.4. The van der Waals surface area contributed by atoms with E-state index in [-0.39, 0.29) is 24.1 Å². The number of aromatic nitrogens is 2. The molecule has 0 bridgehead atoms. The Hall–Kier alpha value is -3.43. The van der Waals surface area contributed by atoms with Crippen molar-refractivity contribution < 1.29 is 22.9 Å². The highest BCUT2D eigenvalue weighted by Crippen LogP contribution is 2.33. The first-order valence-electron chi connectivity index (χ1n) is 9.80. The highest BCUT2D eigenvalue weighted by atomic mass is 19.4. The average molecular weight is 432 g/mol. The number of amides is 1. The molecule has 2 aromatic carbocycles. The van der Waals surface area contributed by atoms with Crippen LogP contribution in [0.5, 0.6) is 0 Å².